The summed E-state index contributed by atoms with van der Waals surface area (Å²) in [5, 5.41) is 11.8. The van der Waals surface area contributed by atoms with Gasteiger partial charge in [0.25, 0.3) is 0 Å². The first-order chi connectivity index (χ1) is 9.58. The zero-order chi connectivity index (χ0) is 14.5. The van der Waals surface area contributed by atoms with Crippen LogP contribution in [0.1, 0.15) is 18.4 Å². The maximum absolute atomic E-state index is 13.4. The number of benzene rings is 1. The van der Waals surface area contributed by atoms with Crippen LogP contribution in [0, 0.1) is 17.6 Å². The first kappa shape index (κ1) is 14.7. The van der Waals surface area contributed by atoms with Crippen molar-refractivity contribution in [3.63, 3.8) is 0 Å². The Morgan fingerprint density at radius 3 is 2.80 bits per heavy atom. The van der Waals surface area contributed by atoms with Crippen molar-refractivity contribution in [2.45, 2.75) is 25.3 Å². The fourth-order valence-electron chi connectivity index (χ4n) is 2.27. The molecule has 0 saturated heterocycles. The topological polar surface area (TPSA) is 49.3 Å². The fraction of sp³-hybridized carbons (Fsp3) is 0.400. The molecule has 1 aromatic rings. The van der Waals surface area contributed by atoms with E-state index in [1.807, 2.05) is 12.2 Å². The van der Waals surface area contributed by atoms with Crippen LogP contribution in [0.2, 0.25) is 0 Å². The number of nitrogens with one attached hydrogen (secondary N) is 1. The molecule has 20 heavy (non-hydrogen) atoms. The van der Waals surface area contributed by atoms with E-state index in [1.54, 1.807) is 0 Å². The summed E-state index contributed by atoms with van der Waals surface area (Å²) in [6, 6.07) is 3.29. The van der Waals surface area contributed by atoms with Crippen LogP contribution in [0.3, 0.4) is 0 Å². The van der Waals surface area contributed by atoms with Gasteiger partial charge in [-0.15, -0.1) is 0 Å². The molecule has 1 aliphatic carbocycles. The van der Waals surface area contributed by atoms with Crippen molar-refractivity contribution >= 4 is 5.91 Å². The van der Waals surface area contributed by atoms with Crippen molar-refractivity contribution in [2.75, 3.05) is 6.61 Å². The van der Waals surface area contributed by atoms with Gasteiger partial charge in [0.1, 0.15) is 11.6 Å². The average Bonchev–Trinajstić information content (AvgIpc) is 2.85. The molecule has 0 heterocycles. The highest BCUT2D eigenvalue weighted by Gasteiger charge is 2.19. The smallest absolute Gasteiger partial charge is 0.220 e. The van der Waals surface area contributed by atoms with E-state index in [0.29, 0.717) is 12.0 Å². The highest BCUT2D eigenvalue weighted by atomic mass is 19.1. The average molecular weight is 281 g/mol. The van der Waals surface area contributed by atoms with Crippen molar-refractivity contribution in [1.82, 2.24) is 5.32 Å². The summed E-state index contributed by atoms with van der Waals surface area (Å²) in [6.45, 7) is 0.0731. The Labute approximate surface area is 116 Å². The summed E-state index contributed by atoms with van der Waals surface area (Å²) in [6.07, 6.45) is 4.81. The van der Waals surface area contributed by atoms with E-state index >= 15 is 0 Å². The summed E-state index contributed by atoms with van der Waals surface area (Å²) < 4.78 is 26.1. The second-order valence-corrected chi connectivity index (χ2v) is 4.97. The number of rotatable bonds is 5. The number of hydrogen-bond donors (Lipinski definition) is 2. The molecule has 0 unspecified atom stereocenters. The second kappa shape index (κ2) is 6.61. The predicted molar refractivity (Wildman–Crippen MR) is 70.9 cm³/mol. The molecule has 0 radical (unpaired) electrons. The lowest BCUT2D eigenvalue weighted by Gasteiger charge is -2.12. The van der Waals surface area contributed by atoms with Gasteiger partial charge in [0.15, 0.2) is 0 Å². The summed E-state index contributed by atoms with van der Waals surface area (Å²) in [7, 11) is 0. The van der Waals surface area contributed by atoms with Crippen LogP contribution in [-0.2, 0) is 11.2 Å². The highest BCUT2D eigenvalue weighted by Crippen LogP contribution is 2.17. The van der Waals surface area contributed by atoms with E-state index in [1.165, 1.54) is 12.1 Å². The summed E-state index contributed by atoms with van der Waals surface area (Å²) in [5.74, 6) is -1.34. The minimum atomic E-state index is -0.626. The number of aryl methyl sites for hydroxylation is 1. The van der Waals surface area contributed by atoms with Crippen LogP contribution in [0.15, 0.2) is 30.4 Å². The number of carbonyl (C=O) groups is 1. The number of aliphatic hydroxyl groups excluding tert-OH is 1. The van der Waals surface area contributed by atoms with Gasteiger partial charge in [-0.3, -0.25) is 4.79 Å². The molecule has 5 heteroatoms. The maximum atomic E-state index is 13.4. The van der Waals surface area contributed by atoms with Crippen molar-refractivity contribution < 1.29 is 18.7 Å². The molecule has 0 saturated carbocycles. The minimum absolute atomic E-state index is 0.0716. The largest absolute Gasteiger partial charge is 0.396 e. The molecule has 2 N–H and O–H groups in total. The lowest BCUT2D eigenvalue weighted by atomic mass is 10.1. The molecule has 0 aliphatic heterocycles. The maximum Gasteiger partial charge on any atom is 0.220 e. The summed E-state index contributed by atoms with van der Waals surface area (Å²) >= 11 is 0. The van der Waals surface area contributed by atoms with E-state index in [9.17, 15) is 13.6 Å². The fourth-order valence-corrected chi connectivity index (χ4v) is 2.27. The molecule has 0 fully saturated rings. The Hall–Kier alpha value is -1.75. The van der Waals surface area contributed by atoms with E-state index in [2.05, 4.69) is 5.32 Å². The minimum Gasteiger partial charge on any atom is -0.396 e. The van der Waals surface area contributed by atoms with Crippen LogP contribution >= 0.6 is 0 Å². The van der Waals surface area contributed by atoms with Crippen molar-refractivity contribution in [2.24, 2.45) is 5.92 Å². The number of hydrogen-bond acceptors (Lipinski definition) is 2. The van der Waals surface area contributed by atoms with Gasteiger partial charge < -0.3 is 10.4 Å². The lowest BCUT2D eigenvalue weighted by molar-refractivity contribution is -0.121. The monoisotopic (exact) mass is 281 g/mol. The Kier molecular flexibility index (Phi) is 4.84. The SMILES string of the molecule is O=C(CCc1ccc(F)cc1F)N[C@@H]1C=C[C@H](CO)C1. The molecule has 2 rings (SSSR count). The molecule has 0 spiro atoms. The zero-order valence-corrected chi connectivity index (χ0v) is 11.0. The highest BCUT2D eigenvalue weighted by molar-refractivity contribution is 5.76. The third-order valence-electron chi connectivity index (χ3n) is 3.39. The standard InChI is InChI=1S/C15H17F2NO2/c16-12-4-2-11(14(17)8-12)3-6-15(20)18-13-5-1-10(7-13)9-19/h1-2,4-5,8,10,13,19H,3,6-7,9H2,(H,18,20)/t10-,13+/m0/s1. The van der Waals surface area contributed by atoms with E-state index < -0.39 is 11.6 Å². The Morgan fingerprint density at radius 2 is 2.15 bits per heavy atom. The Morgan fingerprint density at radius 1 is 1.35 bits per heavy atom. The number of halogens is 2. The molecule has 1 aliphatic rings. The number of aliphatic hydroxyl groups is 1. The lowest BCUT2D eigenvalue weighted by Crippen LogP contribution is -2.33. The van der Waals surface area contributed by atoms with Crippen LogP contribution in [-0.4, -0.2) is 23.7 Å². The van der Waals surface area contributed by atoms with Gasteiger partial charge in [-0.05, 0) is 24.5 Å². The Balaban J connectivity index is 1.79. The van der Waals surface area contributed by atoms with Crippen molar-refractivity contribution in [1.29, 1.82) is 0 Å². The molecule has 108 valence electrons. The van der Waals surface area contributed by atoms with Gasteiger partial charge in [0.2, 0.25) is 5.91 Å². The quantitative estimate of drug-likeness (QED) is 0.810. The van der Waals surface area contributed by atoms with Crippen molar-refractivity contribution in [3.05, 3.63) is 47.5 Å². The number of amides is 1. The first-order valence-electron chi connectivity index (χ1n) is 6.61. The molecule has 2 atom stereocenters. The van der Waals surface area contributed by atoms with Gasteiger partial charge in [0.05, 0.1) is 0 Å². The molecular weight excluding hydrogens is 264 g/mol. The first-order valence-corrected chi connectivity index (χ1v) is 6.61. The van der Waals surface area contributed by atoms with Gasteiger partial charge in [-0.25, -0.2) is 8.78 Å². The Bertz CT molecular complexity index is 517. The summed E-state index contributed by atoms with van der Waals surface area (Å²) in [4.78, 5) is 11.7. The molecule has 0 bridgehead atoms. The molecular formula is C15H17F2NO2. The molecule has 0 aromatic heterocycles. The molecule has 3 nitrogen and oxygen atoms in total. The second-order valence-electron chi connectivity index (χ2n) is 4.97. The van der Waals surface area contributed by atoms with Gasteiger partial charge in [-0.1, -0.05) is 18.2 Å². The van der Waals surface area contributed by atoms with E-state index in [0.717, 1.165) is 6.07 Å². The van der Waals surface area contributed by atoms with Crippen molar-refractivity contribution in [3.8, 4) is 0 Å². The van der Waals surface area contributed by atoms with Crippen LogP contribution in [0.4, 0.5) is 8.78 Å². The van der Waals surface area contributed by atoms with Gasteiger partial charge in [0, 0.05) is 31.1 Å². The third-order valence-corrected chi connectivity index (χ3v) is 3.39. The van der Waals surface area contributed by atoms with Crippen LogP contribution in [0.5, 0.6) is 0 Å². The summed E-state index contributed by atoms with van der Waals surface area (Å²) in [5.41, 5.74) is 0.330. The third kappa shape index (κ3) is 3.87. The molecule has 1 aromatic carbocycles. The van der Waals surface area contributed by atoms with Crippen LogP contribution < -0.4 is 5.32 Å². The normalized spacial score (nSPS) is 21.1. The molecule has 1 amide bonds. The van der Waals surface area contributed by atoms with E-state index in [-0.39, 0.29) is 37.3 Å². The van der Waals surface area contributed by atoms with Crippen LogP contribution in [0.25, 0.3) is 0 Å². The predicted octanol–water partition coefficient (Wildman–Crippen LogP) is 1.95. The van der Waals surface area contributed by atoms with E-state index in [4.69, 9.17) is 5.11 Å². The number of carbonyl (C=O) groups excluding carboxylic acids is 1. The van der Waals surface area contributed by atoms with Gasteiger partial charge in [-0.2, -0.15) is 0 Å². The van der Waals surface area contributed by atoms with Gasteiger partial charge >= 0.3 is 0 Å². The zero-order valence-electron chi connectivity index (χ0n) is 11.0.